The Balaban J connectivity index is 1.48. The minimum atomic E-state index is -1.02. The molecule has 1 heterocycles. The molecule has 24 heavy (non-hydrogen) atoms. The zero-order valence-corrected chi connectivity index (χ0v) is 13.5. The Morgan fingerprint density at radius 1 is 1.54 bits per heavy atom. The zero-order valence-electron chi connectivity index (χ0n) is 13.5. The molecule has 1 amide bonds. The number of carbonyl (C=O) groups is 3. The fourth-order valence-corrected chi connectivity index (χ4v) is 4.08. The molecule has 1 N–H and O–H groups in total. The van der Waals surface area contributed by atoms with Crippen LogP contribution >= 0.6 is 0 Å². The first-order valence-electron chi connectivity index (χ1n) is 8.14. The van der Waals surface area contributed by atoms with E-state index in [2.05, 4.69) is 18.0 Å². The van der Waals surface area contributed by atoms with Gasteiger partial charge in [-0.1, -0.05) is 6.58 Å². The Bertz CT molecular complexity index is 652. The van der Waals surface area contributed by atoms with Crippen molar-refractivity contribution in [2.24, 2.45) is 17.3 Å². The van der Waals surface area contributed by atoms with Crippen molar-refractivity contribution in [2.45, 2.75) is 44.8 Å². The predicted octanol–water partition coefficient (Wildman–Crippen LogP) is 0.846. The van der Waals surface area contributed by atoms with Crippen LogP contribution in [0.15, 0.2) is 12.2 Å². The van der Waals surface area contributed by atoms with E-state index < -0.39 is 23.6 Å². The topological polar surface area (TPSA) is 105 Å². The van der Waals surface area contributed by atoms with Crippen LogP contribution in [-0.2, 0) is 23.9 Å². The number of amides is 1. The molecule has 0 spiro atoms. The van der Waals surface area contributed by atoms with E-state index in [0.29, 0.717) is 31.4 Å². The van der Waals surface area contributed by atoms with E-state index in [9.17, 15) is 19.6 Å². The summed E-state index contributed by atoms with van der Waals surface area (Å²) in [6, 6.07) is 2.12. The smallest absolute Gasteiger partial charge is 0.327 e. The molecule has 0 aromatic rings. The van der Waals surface area contributed by atoms with Gasteiger partial charge < -0.3 is 14.8 Å². The lowest BCUT2D eigenvalue weighted by molar-refractivity contribution is -0.161. The largest absolute Gasteiger partial charge is 0.458 e. The number of ether oxygens (including phenoxy) is 2. The molecule has 0 aromatic heterocycles. The third-order valence-corrected chi connectivity index (χ3v) is 5.26. The highest BCUT2D eigenvalue weighted by Crippen LogP contribution is 2.62. The van der Waals surface area contributed by atoms with E-state index in [4.69, 9.17) is 9.47 Å². The van der Waals surface area contributed by atoms with Crippen molar-refractivity contribution in [1.82, 2.24) is 5.32 Å². The number of esters is 2. The first-order valence-corrected chi connectivity index (χ1v) is 8.14. The van der Waals surface area contributed by atoms with E-state index in [1.165, 1.54) is 0 Å². The molecule has 7 heteroatoms. The van der Waals surface area contributed by atoms with E-state index in [1.807, 2.05) is 0 Å². The molecule has 1 saturated heterocycles. The Morgan fingerprint density at radius 3 is 2.96 bits per heavy atom. The number of nitriles is 1. The Labute approximate surface area is 140 Å². The molecule has 5 atom stereocenters. The van der Waals surface area contributed by atoms with Crippen molar-refractivity contribution in [1.29, 1.82) is 5.26 Å². The second kappa shape index (κ2) is 5.93. The van der Waals surface area contributed by atoms with Crippen LogP contribution in [-0.4, -0.2) is 36.6 Å². The molecular weight excluding hydrogens is 312 g/mol. The standard InChI is InChI=1S/C17H20N2O5/c1-9(2)15(21)19-5-3-4-12(20)23-13-10-6-11-14(13)24-16(22)17(11,7-10)8-18/h10-11,13-14H,1,3-7H2,2H3,(H,19,21). The molecular formula is C17H20N2O5. The van der Waals surface area contributed by atoms with Crippen LogP contribution in [0.5, 0.6) is 0 Å². The number of fused-ring (bicyclic) bond motifs is 1. The number of nitrogens with zero attached hydrogens (tertiary/aromatic N) is 1. The number of hydrogen-bond donors (Lipinski definition) is 1. The summed E-state index contributed by atoms with van der Waals surface area (Å²) in [6.45, 7) is 5.51. The lowest BCUT2D eigenvalue weighted by atomic mass is 9.75. The van der Waals surface area contributed by atoms with Crippen LogP contribution in [0, 0.1) is 28.6 Å². The minimum absolute atomic E-state index is 0.0122. The third kappa shape index (κ3) is 2.46. The molecule has 5 unspecified atom stereocenters. The second-order valence-corrected chi connectivity index (χ2v) is 6.85. The molecule has 2 bridgehead atoms. The van der Waals surface area contributed by atoms with Gasteiger partial charge in [0.1, 0.15) is 12.2 Å². The predicted molar refractivity (Wildman–Crippen MR) is 81.1 cm³/mol. The first-order chi connectivity index (χ1) is 11.4. The monoisotopic (exact) mass is 332 g/mol. The second-order valence-electron chi connectivity index (χ2n) is 6.85. The molecule has 0 radical (unpaired) electrons. The fourth-order valence-electron chi connectivity index (χ4n) is 4.08. The SMILES string of the molecule is C=C(C)C(=O)NCCCC(=O)OC1C2CC3C1OC(=O)C3(C#N)C2. The van der Waals surface area contributed by atoms with Gasteiger partial charge in [0.2, 0.25) is 5.91 Å². The Morgan fingerprint density at radius 2 is 2.29 bits per heavy atom. The average Bonchev–Trinajstić information content (AvgIpc) is 3.13. The van der Waals surface area contributed by atoms with Crippen LogP contribution < -0.4 is 5.32 Å². The van der Waals surface area contributed by atoms with E-state index in [0.717, 1.165) is 0 Å². The normalized spacial score (nSPS) is 35.2. The summed E-state index contributed by atoms with van der Waals surface area (Å²) in [5.41, 5.74) is -0.603. The van der Waals surface area contributed by atoms with Crippen molar-refractivity contribution in [3.63, 3.8) is 0 Å². The minimum Gasteiger partial charge on any atom is -0.458 e. The van der Waals surface area contributed by atoms with Gasteiger partial charge in [0, 0.05) is 30.4 Å². The molecule has 7 nitrogen and oxygen atoms in total. The summed E-state index contributed by atoms with van der Waals surface area (Å²) in [7, 11) is 0. The summed E-state index contributed by atoms with van der Waals surface area (Å²) in [4.78, 5) is 35.3. The van der Waals surface area contributed by atoms with Gasteiger partial charge in [-0.15, -0.1) is 0 Å². The van der Waals surface area contributed by atoms with E-state index in [1.54, 1.807) is 6.92 Å². The van der Waals surface area contributed by atoms with E-state index >= 15 is 0 Å². The average molecular weight is 332 g/mol. The summed E-state index contributed by atoms with van der Waals surface area (Å²) >= 11 is 0. The first kappa shape index (κ1) is 16.5. The molecule has 0 aromatic carbocycles. The quantitative estimate of drug-likeness (QED) is 0.439. The molecule has 3 rings (SSSR count). The van der Waals surface area contributed by atoms with Gasteiger partial charge in [-0.25, -0.2) is 0 Å². The Hall–Kier alpha value is -2.36. The number of nitrogens with one attached hydrogen (secondary N) is 1. The maximum Gasteiger partial charge on any atom is 0.327 e. The lowest BCUT2D eigenvalue weighted by Crippen LogP contribution is -2.39. The highest BCUT2D eigenvalue weighted by molar-refractivity contribution is 5.92. The summed E-state index contributed by atoms with van der Waals surface area (Å²) < 4.78 is 10.8. The molecule has 3 aliphatic rings. The Kier molecular flexibility index (Phi) is 4.08. The van der Waals surface area contributed by atoms with Gasteiger partial charge in [-0.2, -0.15) is 5.26 Å². The van der Waals surface area contributed by atoms with Gasteiger partial charge in [0.05, 0.1) is 6.07 Å². The highest BCUT2D eigenvalue weighted by Gasteiger charge is 2.72. The van der Waals surface area contributed by atoms with Crippen molar-refractivity contribution in [2.75, 3.05) is 6.54 Å². The van der Waals surface area contributed by atoms with Gasteiger partial charge >= 0.3 is 11.9 Å². The summed E-state index contributed by atoms with van der Waals surface area (Å²) in [6.07, 6.45) is 0.815. The van der Waals surface area contributed by atoms with Gasteiger partial charge in [0.25, 0.3) is 0 Å². The molecule has 128 valence electrons. The fraction of sp³-hybridized carbons (Fsp3) is 0.647. The van der Waals surface area contributed by atoms with Crippen LogP contribution in [0.2, 0.25) is 0 Å². The molecule has 3 fully saturated rings. The molecule has 2 aliphatic carbocycles. The maximum atomic E-state index is 12.0. The van der Waals surface area contributed by atoms with Gasteiger partial charge in [-0.05, 0) is 26.2 Å². The lowest BCUT2D eigenvalue weighted by Gasteiger charge is -2.27. The van der Waals surface area contributed by atoms with Crippen LogP contribution in [0.4, 0.5) is 0 Å². The van der Waals surface area contributed by atoms with Crippen LogP contribution in [0.3, 0.4) is 0 Å². The van der Waals surface area contributed by atoms with Crippen LogP contribution in [0.25, 0.3) is 0 Å². The van der Waals surface area contributed by atoms with E-state index in [-0.39, 0.29) is 30.1 Å². The maximum absolute atomic E-state index is 12.0. The highest BCUT2D eigenvalue weighted by atomic mass is 16.6. The van der Waals surface area contributed by atoms with Crippen LogP contribution in [0.1, 0.15) is 32.6 Å². The van der Waals surface area contributed by atoms with Crippen molar-refractivity contribution in [3.8, 4) is 6.07 Å². The number of carbonyl (C=O) groups excluding carboxylic acids is 3. The zero-order chi connectivity index (χ0) is 17.5. The molecule has 1 aliphatic heterocycles. The van der Waals surface area contributed by atoms with Gasteiger partial charge in [0.15, 0.2) is 5.41 Å². The molecule has 2 saturated carbocycles. The van der Waals surface area contributed by atoms with Crippen molar-refractivity contribution in [3.05, 3.63) is 12.2 Å². The number of rotatable bonds is 6. The number of hydrogen-bond acceptors (Lipinski definition) is 6. The van der Waals surface area contributed by atoms with Crippen molar-refractivity contribution < 1.29 is 23.9 Å². The van der Waals surface area contributed by atoms with Gasteiger partial charge in [-0.3, -0.25) is 14.4 Å². The third-order valence-electron chi connectivity index (χ3n) is 5.26. The summed E-state index contributed by atoms with van der Waals surface area (Å²) in [5, 5.41) is 12.0. The summed E-state index contributed by atoms with van der Waals surface area (Å²) in [5.74, 6) is -1.22. The van der Waals surface area contributed by atoms with Crippen molar-refractivity contribution >= 4 is 17.8 Å².